The lowest BCUT2D eigenvalue weighted by Gasteiger charge is -2.24. The zero-order chi connectivity index (χ0) is 16.8. The standard InChI is InChI=1S/C13H17FN6O3/c1-13(14)9(22)8(4-21)23-11(13)20-3-7(18-5-20)6-2-17-12(16)19-10(6)15/h2-3,5,8-9,11,21-22H,4H2,1H3,(H4,15,16,17,19)/t8?,9?,11-,13?/m1/s1. The van der Waals surface area contributed by atoms with Gasteiger partial charge in [-0.25, -0.2) is 14.4 Å². The molecule has 6 N–H and O–H groups in total. The van der Waals surface area contributed by atoms with E-state index in [4.69, 9.17) is 21.3 Å². The van der Waals surface area contributed by atoms with Gasteiger partial charge in [-0.3, -0.25) is 0 Å². The fourth-order valence-electron chi connectivity index (χ4n) is 2.60. The third-order valence-electron chi connectivity index (χ3n) is 3.88. The Morgan fingerprint density at radius 3 is 2.78 bits per heavy atom. The van der Waals surface area contributed by atoms with E-state index in [0.29, 0.717) is 11.3 Å². The molecule has 0 bridgehead atoms. The quantitative estimate of drug-likeness (QED) is 0.590. The van der Waals surface area contributed by atoms with Gasteiger partial charge in [-0.15, -0.1) is 0 Å². The van der Waals surface area contributed by atoms with Crippen LogP contribution in [0.4, 0.5) is 16.2 Å². The first-order chi connectivity index (χ1) is 10.8. The molecule has 0 amide bonds. The molecule has 3 unspecified atom stereocenters. The summed E-state index contributed by atoms with van der Waals surface area (Å²) in [5, 5.41) is 19.1. The maximum atomic E-state index is 14.7. The second kappa shape index (κ2) is 5.41. The smallest absolute Gasteiger partial charge is 0.221 e. The fraction of sp³-hybridized carbons (Fsp3) is 0.462. The Morgan fingerprint density at radius 2 is 2.17 bits per heavy atom. The summed E-state index contributed by atoms with van der Waals surface area (Å²) in [7, 11) is 0. The highest BCUT2D eigenvalue weighted by atomic mass is 19.1. The number of halogens is 1. The molecule has 1 saturated heterocycles. The summed E-state index contributed by atoms with van der Waals surface area (Å²) in [6.45, 7) is 0.718. The number of nitrogen functional groups attached to an aromatic ring is 2. The normalized spacial score (nSPS) is 30.7. The van der Waals surface area contributed by atoms with Gasteiger partial charge in [-0.2, -0.15) is 4.98 Å². The lowest BCUT2D eigenvalue weighted by atomic mass is 9.99. The summed E-state index contributed by atoms with van der Waals surface area (Å²) in [5.74, 6) is 0.182. The molecule has 2 aromatic rings. The number of anilines is 2. The Balaban J connectivity index is 1.93. The van der Waals surface area contributed by atoms with Crippen molar-refractivity contribution < 1.29 is 19.3 Å². The van der Waals surface area contributed by atoms with Crippen molar-refractivity contribution in [3.05, 3.63) is 18.7 Å². The van der Waals surface area contributed by atoms with Gasteiger partial charge in [0.05, 0.1) is 24.2 Å². The summed E-state index contributed by atoms with van der Waals surface area (Å²) in [6, 6.07) is 0. The van der Waals surface area contributed by atoms with Gasteiger partial charge in [0.15, 0.2) is 11.9 Å². The highest BCUT2D eigenvalue weighted by molar-refractivity contribution is 5.70. The molecular weight excluding hydrogens is 307 g/mol. The summed E-state index contributed by atoms with van der Waals surface area (Å²) in [5.41, 5.74) is 9.98. The van der Waals surface area contributed by atoms with Crippen molar-refractivity contribution in [3.8, 4) is 11.3 Å². The first-order valence-electron chi connectivity index (χ1n) is 6.89. The summed E-state index contributed by atoms with van der Waals surface area (Å²) < 4.78 is 21.5. The molecule has 9 nitrogen and oxygen atoms in total. The number of aliphatic hydroxyl groups is 2. The van der Waals surface area contributed by atoms with E-state index in [2.05, 4.69) is 15.0 Å². The molecule has 10 heteroatoms. The number of nitrogens with two attached hydrogens (primary N) is 2. The molecule has 1 aliphatic rings. The van der Waals surface area contributed by atoms with Crippen LogP contribution in [-0.4, -0.2) is 54.2 Å². The van der Waals surface area contributed by atoms with E-state index >= 15 is 0 Å². The molecule has 0 aliphatic carbocycles. The van der Waals surface area contributed by atoms with Crippen LogP contribution in [0.3, 0.4) is 0 Å². The zero-order valence-corrected chi connectivity index (χ0v) is 12.3. The van der Waals surface area contributed by atoms with Crippen molar-refractivity contribution in [1.29, 1.82) is 0 Å². The third kappa shape index (κ3) is 2.50. The van der Waals surface area contributed by atoms with Gasteiger partial charge in [-0.1, -0.05) is 0 Å². The highest BCUT2D eigenvalue weighted by Gasteiger charge is 2.54. The van der Waals surface area contributed by atoms with Crippen LogP contribution >= 0.6 is 0 Å². The first kappa shape index (κ1) is 15.6. The highest BCUT2D eigenvalue weighted by Crippen LogP contribution is 2.41. The van der Waals surface area contributed by atoms with Crippen molar-refractivity contribution in [3.63, 3.8) is 0 Å². The van der Waals surface area contributed by atoms with Gasteiger partial charge in [0, 0.05) is 12.4 Å². The average molecular weight is 324 g/mol. The van der Waals surface area contributed by atoms with Crippen LogP contribution < -0.4 is 11.5 Å². The monoisotopic (exact) mass is 324 g/mol. The fourth-order valence-corrected chi connectivity index (χ4v) is 2.60. The molecule has 1 aliphatic heterocycles. The second-order valence-corrected chi connectivity index (χ2v) is 5.54. The molecule has 0 saturated carbocycles. The van der Waals surface area contributed by atoms with Crippen LogP contribution in [0.1, 0.15) is 13.2 Å². The third-order valence-corrected chi connectivity index (χ3v) is 3.88. The SMILES string of the molecule is CC1(F)C(O)C(CO)O[C@H]1n1cnc(-c2cnc(N)nc2N)c1. The Kier molecular flexibility index (Phi) is 3.66. The summed E-state index contributed by atoms with van der Waals surface area (Å²) in [6.07, 6.45) is 0.672. The van der Waals surface area contributed by atoms with E-state index in [1.807, 2.05) is 0 Å². The zero-order valence-electron chi connectivity index (χ0n) is 12.3. The van der Waals surface area contributed by atoms with Gasteiger partial charge in [0.2, 0.25) is 5.95 Å². The molecule has 1 fully saturated rings. The van der Waals surface area contributed by atoms with E-state index in [0.717, 1.165) is 0 Å². The minimum absolute atomic E-state index is 0.0371. The number of aromatic nitrogens is 4. The van der Waals surface area contributed by atoms with Crippen LogP contribution in [0.2, 0.25) is 0 Å². The maximum Gasteiger partial charge on any atom is 0.221 e. The Hall–Kier alpha value is -2.30. The van der Waals surface area contributed by atoms with E-state index in [-0.39, 0.29) is 11.8 Å². The molecule has 0 spiro atoms. The number of ether oxygens (including phenoxy) is 1. The Bertz CT molecular complexity index is 721. The molecule has 124 valence electrons. The van der Waals surface area contributed by atoms with E-state index < -0.39 is 30.7 Å². The molecule has 4 atom stereocenters. The van der Waals surface area contributed by atoms with Gasteiger partial charge in [0.25, 0.3) is 0 Å². The second-order valence-electron chi connectivity index (χ2n) is 5.54. The number of hydrogen-bond acceptors (Lipinski definition) is 8. The molecular formula is C13H17FN6O3. The largest absolute Gasteiger partial charge is 0.394 e. The van der Waals surface area contributed by atoms with Crippen LogP contribution in [0, 0.1) is 0 Å². The lowest BCUT2D eigenvalue weighted by molar-refractivity contribution is -0.0586. The number of imidazole rings is 1. The van der Waals surface area contributed by atoms with Crippen LogP contribution in [-0.2, 0) is 4.74 Å². The van der Waals surface area contributed by atoms with Crippen molar-refractivity contribution in [2.45, 2.75) is 31.0 Å². The van der Waals surface area contributed by atoms with Gasteiger partial charge in [0.1, 0.15) is 18.0 Å². The van der Waals surface area contributed by atoms with E-state index in [9.17, 15) is 9.50 Å². The maximum absolute atomic E-state index is 14.7. The topological polar surface area (TPSA) is 145 Å². The number of alkyl halides is 1. The van der Waals surface area contributed by atoms with Crippen LogP contribution in [0.5, 0.6) is 0 Å². The minimum Gasteiger partial charge on any atom is -0.394 e. The number of rotatable bonds is 3. The van der Waals surface area contributed by atoms with E-state index in [1.54, 1.807) is 0 Å². The summed E-state index contributed by atoms with van der Waals surface area (Å²) in [4.78, 5) is 11.8. The predicted octanol–water partition coefficient (Wildman–Crippen LogP) is -0.517. The van der Waals surface area contributed by atoms with Crippen LogP contribution in [0.25, 0.3) is 11.3 Å². The van der Waals surface area contributed by atoms with Gasteiger partial charge in [-0.05, 0) is 6.92 Å². The van der Waals surface area contributed by atoms with Gasteiger partial charge >= 0.3 is 0 Å². The average Bonchev–Trinajstić information content (AvgIpc) is 3.04. The minimum atomic E-state index is -2.09. The molecule has 0 aromatic carbocycles. The molecule has 3 rings (SSSR count). The summed E-state index contributed by atoms with van der Waals surface area (Å²) >= 11 is 0. The van der Waals surface area contributed by atoms with Crippen molar-refractivity contribution in [1.82, 2.24) is 19.5 Å². The molecule has 2 aromatic heterocycles. The molecule has 23 heavy (non-hydrogen) atoms. The van der Waals surface area contributed by atoms with E-state index in [1.165, 1.54) is 30.2 Å². The van der Waals surface area contributed by atoms with Crippen LogP contribution in [0.15, 0.2) is 18.7 Å². The molecule has 3 heterocycles. The van der Waals surface area contributed by atoms with Crippen molar-refractivity contribution in [2.24, 2.45) is 0 Å². The van der Waals surface area contributed by atoms with Gasteiger partial charge < -0.3 is 31.0 Å². The Morgan fingerprint density at radius 1 is 1.43 bits per heavy atom. The first-order valence-corrected chi connectivity index (χ1v) is 6.89. The number of nitrogens with zero attached hydrogens (tertiary/aromatic N) is 4. The molecule has 0 radical (unpaired) electrons. The van der Waals surface area contributed by atoms with Crippen molar-refractivity contribution >= 4 is 11.8 Å². The predicted molar refractivity (Wildman–Crippen MR) is 78.6 cm³/mol. The van der Waals surface area contributed by atoms with Crippen molar-refractivity contribution in [2.75, 3.05) is 18.1 Å². The number of hydrogen-bond donors (Lipinski definition) is 4. The Labute approximate surface area is 130 Å². The number of aliphatic hydroxyl groups excluding tert-OH is 2. The lowest BCUT2D eigenvalue weighted by Crippen LogP contribution is -2.40.